The Balaban J connectivity index is 2.26. The Morgan fingerprint density at radius 1 is 1.27 bits per heavy atom. The Bertz CT molecular complexity index is 488. The van der Waals surface area contributed by atoms with E-state index < -0.39 is 41.9 Å². The van der Waals surface area contributed by atoms with E-state index in [0.29, 0.717) is 0 Å². The molecule has 0 radical (unpaired) electrons. The SMILES string of the molecule is COC(=O)[C@@H](N=[N+]=[N-])C1OC(C)(C)OC1[C@H]1COC(C)(C)O1. The second-order valence-corrected chi connectivity index (χ2v) is 6.10. The van der Waals surface area contributed by atoms with Crippen LogP contribution in [0.5, 0.6) is 0 Å². The highest BCUT2D eigenvalue weighted by Gasteiger charge is 2.53. The molecule has 2 unspecified atom stereocenters. The van der Waals surface area contributed by atoms with Gasteiger partial charge in [0.2, 0.25) is 0 Å². The summed E-state index contributed by atoms with van der Waals surface area (Å²) in [4.78, 5) is 14.6. The van der Waals surface area contributed by atoms with Crippen LogP contribution in [0.2, 0.25) is 0 Å². The van der Waals surface area contributed by atoms with E-state index >= 15 is 0 Å². The third-order valence-corrected chi connectivity index (χ3v) is 3.49. The van der Waals surface area contributed by atoms with E-state index in [1.54, 1.807) is 27.7 Å². The summed E-state index contributed by atoms with van der Waals surface area (Å²) in [5, 5.41) is 3.51. The second-order valence-electron chi connectivity index (χ2n) is 6.10. The molecule has 0 N–H and O–H groups in total. The van der Waals surface area contributed by atoms with Gasteiger partial charge in [-0.1, -0.05) is 5.11 Å². The molecular formula is C13H21N3O6. The van der Waals surface area contributed by atoms with E-state index in [-0.39, 0.29) is 6.61 Å². The maximum Gasteiger partial charge on any atom is 0.317 e. The second kappa shape index (κ2) is 6.02. The number of carbonyl (C=O) groups is 1. The van der Waals surface area contributed by atoms with Crippen molar-refractivity contribution in [2.75, 3.05) is 13.7 Å². The van der Waals surface area contributed by atoms with Crippen molar-refractivity contribution < 1.29 is 28.5 Å². The van der Waals surface area contributed by atoms with Gasteiger partial charge in [0.05, 0.1) is 13.7 Å². The van der Waals surface area contributed by atoms with Gasteiger partial charge >= 0.3 is 5.97 Å². The van der Waals surface area contributed by atoms with Gasteiger partial charge in [0.15, 0.2) is 17.6 Å². The van der Waals surface area contributed by atoms with Gasteiger partial charge in [0.1, 0.15) is 18.3 Å². The van der Waals surface area contributed by atoms with Gasteiger partial charge < -0.3 is 23.7 Å². The summed E-state index contributed by atoms with van der Waals surface area (Å²) in [5.74, 6) is -2.37. The molecule has 9 nitrogen and oxygen atoms in total. The molecule has 0 amide bonds. The highest BCUT2D eigenvalue weighted by Crippen LogP contribution is 2.37. The summed E-state index contributed by atoms with van der Waals surface area (Å²) < 4.78 is 27.6. The Labute approximate surface area is 128 Å². The molecule has 0 aromatic rings. The molecule has 0 aromatic heterocycles. The van der Waals surface area contributed by atoms with Gasteiger partial charge in [-0.15, -0.1) is 0 Å². The molecule has 0 saturated carbocycles. The van der Waals surface area contributed by atoms with E-state index in [9.17, 15) is 4.79 Å². The minimum atomic E-state index is -1.16. The van der Waals surface area contributed by atoms with Gasteiger partial charge in [0, 0.05) is 4.91 Å². The molecule has 2 aliphatic rings. The van der Waals surface area contributed by atoms with Gasteiger partial charge in [-0.3, -0.25) is 4.79 Å². The predicted molar refractivity (Wildman–Crippen MR) is 73.7 cm³/mol. The van der Waals surface area contributed by atoms with E-state index in [1.807, 2.05) is 0 Å². The Morgan fingerprint density at radius 3 is 2.45 bits per heavy atom. The number of hydrogen-bond acceptors (Lipinski definition) is 7. The van der Waals surface area contributed by atoms with E-state index in [4.69, 9.17) is 24.5 Å². The number of esters is 1. The molecular weight excluding hydrogens is 294 g/mol. The van der Waals surface area contributed by atoms with E-state index in [2.05, 4.69) is 14.8 Å². The average molecular weight is 315 g/mol. The lowest BCUT2D eigenvalue weighted by atomic mass is 10.0. The van der Waals surface area contributed by atoms with Crippen LogP contribution in [0.3, 0.4) is 0 Å². The van der Waals surface area contributed by atoms with Crippen molar-refractivity contribution >= 4 is 5.97 Å². The van der Waals surface area contributed by atoms with Crippen molar-refractivity contribution in [3.8, 4) is 0 Å². The van der Waals surface area contributed by atoms with Gasteiger partial charge in [-0.25, -0.2) is 0 Å². The molecule has 22 heavy (non-hydrogen) atoms. The summed E-state index contributed by atoms with van der Waals surface area (Å²) in [6, 6.07) is -1.16. The molecule has 0 aliphatic carbocycles. The number of hydrogen-bond donors (Lipinski definition) is 0. The zero-order valence-corrected chi connectivity index (χ0v) is 13.3. The molecule has 0 aromatic carbocycles. The van der Waals surface area contributed by atoms with Crippen LogP contribution in [-0.2, 0) is 28.5 Å². The van der Waals surface area contributed by atoms with Gasteiger partial charge in [0.25, 0.3) is 0 Å². The van der Waals surface area contributed by atoms with E-state index in [1.165, 1.54) is 7.11 Å². The molecule has 2 aliphatic heterocycles. The molecule has 0 bridgehead atoms. The maximum absolute atomic E-state index is 11.9. The molecule has 4 atom stereocenters. The predicted octanol–water partition coefficient (Wildman–Crippen LogP) is 1.51. The molecule has 0 spiro atoms. The Kier molecular flexibility index (Phi) is 4.65. The first-order valence-corrected chi connectivity index (χ1v) is 6.98. The monoisotopic (exact) mass is 315 g/mol. The van der Waals surface area contributed by atoms with Crippen LogP contribution in [-0.4, -0.2) is 55.6 Å². The largest absolute Gasteiger partial charge is 0.469 e. The number of nitrogens with zero attached hydrogens (tertiary/aromatic N) is 3. The van der Waals surface area contributed by atoms with E-state index in [0.717, 1.165) is 0 Å². The Morgan fingerprint density at radius 2 is 1.95 bits per heavy atom. The number of rotatable bonds is 4. The van der Waals surface area contributed by atoms with Crippen molar-refractivity contribution in [3.05, 3.63) is 10.4 Å². The minimum absolute atomic E-state index is 0.289. The number of ether oxygens (including phenoxy) is 5. The number of carbonyl (C=O) groups excluding carboxylic acids is 1. The maximum atomic E-state index is 11.9. The molecule has 9 heteroatoms. The van der Waals surface area contributed by atoms with Crippen molar-refractivity contribution in [3.63, 3.8) is 0 Å². The summed E-state index contributed by atoms with van der Waals surface area (Å²) in [5.41, 5.74) is 8.70. The lowest BCUT2D eigenvalue weighted by molar-refractivity contribution is -0.175. The first-order chi connectivity index (χ1) is 10.2. The number of methoxy groups -OCH3 is 1. The fourth-order valence-corrected chi connectivity index (χ4v) is 2.65. The average Bonchev–Trinajstić information content (AvgIpc) is 2.94. The Hall–Kier alpha value is -1.38. The smallest absolute Gasteiger partial charge is 0.317 e. The van der Waals surface area contributed by atoms with Crippen molar-refractivity contribution in [1.29, 1.82) is 0 Å². The van der Waals surface area contributed by atoms with Crippen LogP contribution in [0.1, 0.15) is 27.7 Å². The van der Waals surface area contributed by atoms with Crippen LogP contribution in [0.25, 0.3) is 10.4 Å². The highest BCUT2D eigenvalue weighted by atomic mass is 16.8. The minimum Gasteiger partial charge on any atom is -0.469 e. The summed E-state index contributed by atoms with van der Waals surface area (Å²) in [6.45, 7) is 7.29. The topological polar surface area (TPSA) is 112 Å². The lowest BCUT2D eigenvalue weighted by Crippen LogP contribution is -2.46. The third-order valence-electron chi connectivity index (χ3n) is 3.49. The van der Waals surface area contributed by atoms with Crippen LogP contribution >= 0.6 is 0 Å². The molecule has 2 heterocycles. The summed E-state index contributed by atoms with van der Waals surface area (Å²) in [6.07, 6.45) is -1.88. The third kappa shape index (κ3) is 3.50. The van der Waals surface area contributed by atoms with Crippen LogP contribution < -0.4 is 0 Å². The van der Waals surface area contributed by atoms with Gasteiger partial charge in [-0.05, 0) is 33.2 Å². The zero-order chi connectivity index (χ0) is 16.5. The standard InChI is InChI=1S/C13H21N3O6/c1-12(2)19-6-7(20-12)9-10(22-13(3,4)21-9)8(15-16-14)11(17)18-5/h7-10H,6H2,1-5H3/t7-,8+,9?,10?/m1/s1. The summed E-state index contributed by atoms with van der Waals surface area (Å²) in [7, 11) is 1.22. The molecule has 124 valence electrons. The van der Waals surface area contributed by atoms with Crippen LogP contribution in [0, 0.1) is 0 Å². The first-order valence-electron chi connectivity index (χ1n) is 6.98. The highest BCUT2D eigenvalue weighted by molar-refractivity contribution is 5.76. The van der Waals surface area contributed by atoms with Crippen LogP contribution in [0.15, 0.2) is 5.11 Å². The van der Waals surface area contributed by atoms with Crippen molar-refractivity contribution in [2.24, 2.45) is 5.11 Å². The molecule has 2 fully saturated rings. The van der Waals surface area contributed by atoms with Crippen molar-refractivity contribution in [2.45, 2.75) is 63.6 Å². The fourth-order valence-electron chi connectivity index (χ4n) is 2.65. The molecule has 2 rings (SSSR count). The van der Waals surface area contributed by atoms with Crippen LogP contribution in [0.4, 0.5) is 0 Å². The lowest BCUT2D eigenvalue weighted by Gasteiger charge is -2.25. The number of azide groups is 1. The van der Waals surface area contributed by atoms with Gasteiger partial charge in [-0.2, -0.15) is 0 Å². The quantitative estimate of drug-likeness (QED) is 0.336. The van der Waals surface area contributed by atoms with Crippen molar-refractivity contribution in [1.82, 2.24) is 0 Å². The fraction of sp³-hybridized carbons (Fsp3) is 0.923. The normalized spacial score (nSPS) is 34.0. The first kappa shape index (κ1) is 17.0. The summed E-state index contributed by atoms with van der Waals surface area (Å²) >= 11 is 0. The molecule has 2 saturated heterocycles. The zero-order valence-electron chi connectivity index (χ0n) is 13.3.